The van der Waals surface area contributed by atoms with E-state index >= 15 is 0 Å². The van der Waals surface area contributed by atoms with E-state index in [9.17, 15) is 4.79 Å². The maximum absolute atomic E-state index is 13.3. The maximum Gasteiger partial charge on any atom is 0.286 e. The van der Waals surface area contributed by atoms with Gasteiger partial charge in [0, 0.05) is 24.3 Å². The van der Waals surface area contributed by atoms with Gasteiger partial charge in [0.15, 0.2) is 5.69 Å². The number of hydrogen-bond acceptors (Lipinski definition) is 3. The highest BCUT2D eigenvalue weighted by atomic mass is 35.5. The fourth-order valence-corrected chi connectivity index (χ4v) is 4.49. The Balaban J connectivity index is 1.82. The number of carbonyl (C=O) groups excluding carboxylic acids is 1. The Morgan fingerprint density at radius 2 is 1.75 bits per heavy atom. The third-order valence-corrected chi connectivity index (χ3v) is 6.40. The quantitative estimate of drug-likeness (QED) is 0.500. The molecule has 3 aromatic rings. The first-order valence-corrected chi connectivity index (χ1v) is 11.9. The van der Waals surface area contributed by atoms with Crippen LogP contribution in [0.2, 0.25) is 5.02 Å². The average Bonchev–Trinajstić information content (AvgIpc) is 3.19. The molecule has 1 saturated heterocycles. The van der Waals surface area contributed by atoms with E-state index in [-0.39, 0.29) is 5.91 Å². The molecule has 1 aliphatic heterocycles. The second kappa shape index (κ2) is 9.88. The van der Waals surface area contributed by atoms with Crippen LogP contribution in [-0.4, -0.2) is 33.6 Å². The van der Waals surface area contributed by atoms with Crippen molar-refractivity contribution < 1.29 is 4.79 Å². The number of piperidine rings is 1. The van der Waals surface area contributed by atoms with Crippen molar-refractivity contribution in [2.45, 2.75) is 52.4 Å². The molecule has 5 nitrogen and oxygen atoms in total. The number of benzene rings is 2. The zero-order valence-corrected chi connectivity index (χ0v) is 19.8. The van der Waals surface area contributed by atoms with Crippen molar-refractivity contribution in [2.75, 3.05) is 13.1 Å². The second-order valence-electron chi connectivity index (χ2n) is 8.63. The van der Waals surface area contributed by atoms with E-state index in [4.69, 9.17) is 16.6 Å². The van der Waals surface area contributed by atoms with Crippen molar-refractivity contribution in [1.29, 1.82) is 0 Å². The molecule has 0 unspecified atom stereocenters. The number of halogens is 1. The summed E-state index contributed by atoms with van der Waals surface area (Å²) in [5.74, 6) is 0.981. The molecule has 1 fully saturated rings. The van der Waals surface area contributed by atoms with Crippen molar-refractivity contribution in [3.8, 4) is 17.1 Å². The molecule has 32 heavy (non-hydrogen) atoms. The van der Waals surface area contributed by atoms with Crippen LogP contribution in [0.1, 0.15) is 67.7 Å². The zero-order chi connectivity index (χ0) is 22.7. The Kier molecular flexibility index (Phi) is 6.97. The Hall–Kier alpha value is -2.63. The third-order valence-electron chi connectivity index (χ3n) is 6.07. The van der Waals surface area contributed by atoms with Crippen LogP contribution in [0, 0.1) is 0 Å². The fourth-order valence-electron chi connectivity index (χ4n) is 4.27. The normalized spacial score (nSPS) is 14.7. The Labute approximate surface area is 195 Å². The van der Waals surface area contributed by atoms with Gasteiger partial charge in [-0.05, 0) is 55.0 Å². The zero-order valence-electron chi connectivity index (χ0n) is 19.1. The maximum atomic E-state index is 13.3. The lowest BCUT2D eigenvalue weighted by molar-refractivity contribution is 0.0744. The van der Waals surface area contributed by atoms with E-state index in [1.165, 1.54) is 12.0 Å². The van der Waals surface area contributed by atoms with Gasteiger partial charge in [-0.15, -0.1) is 0 Å². The van der Waals surface area contributed by atoms with Gasteiger partial charge < -0.3 is 0 Å². The van der Waals surface area contributed by atoms with Crippen molar-refractivity contribution in [3.63, 3.8) is 0 Å². The molecule has 0 atom stereocenters. The topological polar surface area (TPSA) is 50.2 Å². The van der Waals surface area contributed by atoms with Crippen LogP contribution in [-0.2, 0) is 6.42 Å². The lowest BCUT2D eigenvalue weighted by Gasteiger charge is -2.26. The van der Waals surface area contributed by atoms with Gasteiger partial charge in [-0.2, -0.15) is 0 Å². The van der Waals surface area contributed by atoms with E-state index < -0.39 is 0 Å². The number of hydrazine groups is 1. The Morgan fingerprint density at radius 1 is 1.06 bits per heavy atom. The van der Waals surface area contributed by atoms with Gasteiger partial charge >= 0.3 is 0 Å². The number of nitrogens with one attached hydrogen (secondary N) is 1. The smallest absolute Gasteiger partial charge is 0.286 e. The summed E-state index contributed by atoms with van der Waals surface area (Å²) < 4.78 is 2.08. The van der Waals surface area contributed by atoms with E-state index in [1.807, 2.05) is 29.3 Å². The van der Waals surface area contributed by atoms with Crippen LogP contribution < -0.4 is 5.43 Å². The lowest BCUT2D eigenvalue weighted by atomic mass is 10.0. The highest BCUT2D eigenvalue weighted by molar-refractivity contribution is 6.33. The summed E-state index contributed by atoms with van der Waals surface area (Å²) in [6.45, 7) is 8.18. The molecule has 0 radical (unpaired) electrons. The first-order chi connectivity index (χ1) is 15.5. The van der Waals surface area contributed by atoms with Crippen LogP contribution in [0.25, 0.3) is 17.1 Å². The summed E-state index contributed by atoms with van der Waals surface area (Å²) in [7, 11) is 0. The van der Waals surface area contributed by atoms with Crippen LogP contribution in [0.3, 0.4) is 0 Å². The first-order valence-electron chi connectivity index (χ1n) is 11.5. The van der Waals surface area contributed by atoms with Gasteiger partial charge in [-0.25, -0.2) is 9.99 Å². The summed E-state index contributed by atoms with van der Waals surface area (Å²) in [4.78, 5) is 18.1. The number of imidazole rings is 1. The van der Waals surface area contributed by atoms with E-state index in [2.05, 4.69) is 55.0 Å². The second-order valence-corrected chi connectivity index (χ2v) is 9.04. The summed E-state index contributed by atoms with van der Waals surface area (Å²) >= 11 is 6.56. The summed E-state index contributed by atoms with van der Waals surface area (Å²) in [5.41, 5.74) is 7.48. The molecule has 1 aromatic heterocycles. The van der Waals surface area contributed by atoms with Gasteiger partial charge in [0.1, 0.15) is 5.82 Å². The van der Waals surface area contributed by atoms with Gasteiger partial charge in [0.05, 0.1) is 10.7 Å². The van der Waals surface area contributed by atoms with Crippen molar-refractivity contribution in [2.24, 2.45) is 0 Å². The summed E-state index contributed by atoms with van der Waals surface area (Å²) in [5, 5.41) is 2.62. The highest BCUT2D eigenvalue weighted by Crippen LogP contribution is 2.32. The number of aromatic nitrogens is 2. The lowest BCUT2D eigenvalue weighted by Crippen LogP contribution is -2.45. The van der Waals surface area contributed by atoms with E-state index in [0.29, 0.717) is 28.9 Å². The molecule has 0 bridgehead atoms. The number of hydrogen-bond donors (Lipinski definition) is 1. The number of nitrogens with zero attached hydrogens (tertiary/aromatic N) is 3. The molecule has 0 spiro atoms. The van der Waals surface area contributed by atoms with Gasteiger partial charge in [0.25, 0.3) is 5.91 Å². The molecule has 1 aliphatic rings. The number of rotatable bonds is 6. The number of carbonyl (C=O) groups is 1. The van der Waals surface area contributed by atoms with Gasteiger partial charge in [-0.3, -0.25) is 14.8 Å². The Bertz CT molecular complexity index is 1080. The van der Waals surface area contributed by atoms with Crippen LogP contribution in [0.5, 0.6) is 0 Å². The highest BCUT2D eigenvalue weighted by Gasteiger charge is 2.25. The van der Waals surface area contributed by atoms with Crippen molar-refractivity contribution in [3.05, 3.63) is 70.5 Å². The molecule has 0 saturated carbocycles. The minimum atomic E-state index is -0.158. The summed E-state index contributed by atoms with van der Waals surface area (Å²) in [6.07, 6.45) is 4.08. The van der Waals surface area contributed by atoms with Crippen molar-refractivity contribution in [1.82, 2.24) is 20.0 Å². The molecule has 4 rings (SSSR count). The van der Waals surface area contributed by atoms with E-state index in [1.54, 1.807) is 0 Å². The minimum absolute atomic E-state index is 0.158. The molecule has 2 aromatic carbocycles. The van der Waals surface area contributed by atoms with Gasteiger partial charge in [0.2, 0.25) is 0 Å². The molecule has 2 heterocycles. The SMILES string of the molecule is CCc1c(C(=O)NN2CCCCC2)nc(-c2ccccc2Cl)n1-c1ccc(C(C)C)cc1. The minimum Gasteiger partial charge on any atom is -0.296 e. The Morgan fingerprint density at radius 3 is 2.38 bits per heavy atom. The van der Waals surface area contributed by atoms with Gasteiger partial charge in [-0.1, -0.05) is 63.1 Å². The van der Waals surface area contributed by atoms with Crippen molar-refractivity contribution >= 4 is 17.5 Å². The van der Waals surface area contributed by atoms with Crippen LogP contribution in [0.4, 0.5) is 0 Å². The standard InChI is InChI=1S/C26H31ClN4O/c1-4-23-24(26(32)29-30-16-8-5-9-17-30)28-25(21-10-6-7-11-22(21)27)31(23)20-14-12-19(13-15-20)18(2)3/h6-7,10-15,18H,4-5,8-9,16-17H2,1-3H3,(H,29,32). The molecule has 1 amide bonds. The molecule has 6 heteroatoms. The van der Waals surface area contributed by atoms with Crippen LogP contribution in [0.15, 0.2) is 48.5 Å². The predicted molar refractivity (Wildman–Crippen MR) is 130 cm³/mol. The molecule has 1 N–H and O–H groups in total. The average molecular weight is 451 g/mol. The largest absolute Gasteiger partial charge is 0.296 e. The van der Waals surface area contributed by atoms with Crippen LogP contribution >= 0.6 is 11.6 Å². The predicted octanol–water partition coefficient (Wildman–Crippen LogP) is 6.01. The van der Waals surface area contributed by atoms with E-state index in [0.717, 1.165) is 42.9 Å². The first kappa shape index (κ1) is 22.6. The molecular formula is C26H31ClN4O. The number of amides is 1. The molecule has 0 aliphatic carbocycles. The molecular weight excluding hydrogens is 420 g/mol. The molecule has 168 valence electrons. The fraction of sp³-hybridized carbons (Fsp3) is 0.385. The summed E-state index contributed by atoms with van der Waals surface area (Å²) in [6, 6.07) is 16.1. The third kappa shape index (κ3) is 4.59. The monoisotopic (exact) mass is 450 g/mol.